The van der Waals surface area contributed by atoms with Crippen molar-refractivity contribution in [2.75, 3.05) is 20.2 Å². The first-order valence-corrected chi connectivity index (χ1v) is 4.80. The molecule has 2 aliphatic heterocycles. The lowest BCUT2D eigenvalue weighted by Gasteiger charge is -2.06. The Labute approximate surface area is 95.7 Å². The summed E-state index contributed by atoms with van der Waals surface area (Å²) in [5, 5.41) is 13.7. The highest BCUT2D eigenvalue weighted by Crippen LogP contribution is 2.30. The molecule has 1 N–H and O–H groups in total. The Hall–Kier alpha value is -2.38. The second-order valence-corrected chi connectivity index (χ2v) is 3.42. The van der Waals surface area contributed by atoms with E-state index >= 15 is 0 Å². The van der Waals surface area contributed by atoms with Crippen LogP contribution in [0.5, 0.6) is 0 Å². The highest BCUT2D eigenvalue weighted by molar-refractivity contribution is 6.06. The average molecular weight is 239 g/mol. The van der Waals surface area contributed by atoms with Gasteiger partial charge in [0.15, 0.2) is 5.82 Å². The lowest BCUT2D eigenvalue weighted by Crippen LogP contribution is -2.23. The molecule has 90 valence electrons. The third kappa shape index (κ3) is 1.63. The summed E-state index contributed by atoms with van der Waals surface area (Å²) in [4.78, 5) is 34.4. The third-order valence-corrected chi connectivity index (χ3v) is 2.50. The van der Waals surface area contributed by atoms with Crippen LogP contribution in [0.25, 0.3) is 0 Å². The number of nitro groups is 1. The summed E-state index contributed by atoms with van der Waals surface area (Å²) in [6.45, 7) is 0.813. The molecular weight excluding hydrogens is 230 g/mol. The van der Waals surface area contributed by atoms with Gasteiger partial charge in [-0.3, -0.25) is 19.8 Å². The molecule has 1 fully saturated rings. The van der Waals surface area contributed by atoms with Crippen LogP contribution in [-0.4, -0.2) is 41.9 Å². The summed E-state index contributed by atoms with van der Waals surface area (Å²) in [6, 6.07) is 0. The fourth-order valence-corrected chi connectivity index (χ4v) is 1.77. The molecule has 0 unspecified atom stereocenters. The summed E-state index contributed by atoms with van der Waals surface area (Å²) in [5.41, 5.74) is -0.623. The SMILES string of the molecule is COC(=O)/C=C1/C(=O)N2CCNC2=C1[N+](=O)[O-]. The van der Waals surface area contributed by atoms with E-state index in [-0.39, 0.29) is 17.1 Å². The lowest BCUT2D eigenvalue weighted by molar-refractivity contribution is -0.421. The number of ether oxygens (including phenoxy) is 1. The van der Waals surface area contributed by atoms with Crippen molar-refractivity contribution in [3.63, 3.8) is 0 Å². The summed E-state index contributed by atoms with van der Waals surface area (Å²) in [6.07, 6.45) is 0.841. The summed E-state index contributed by atoms with van der Waals surface area (Å²) in [5.74, 6) is -1.20. The van der Waals surface area contributed by atoms with E-state index in [9.17, 15) is 19.7 Å². The van der Waals surface area contributed by atoms with Gasteiger partial charge in [0.1, 0.15) is 5.57 Å². The van der Waals surface area contributed by atoms with Gasteiger partial charge in [0.2, 0.25) is 0 Å². The van der Waals surface area contributed by atoms with Gasteiger partial charge in [-0.25, -0.2) is 4.79 Å². The zero-order valence-electron chi connectivity index (χ0n) is 8.93. The highest BCUT2D eigenvalue weighted by atomic mass is 16.6. The number of nitrogens with zero attached hydrogens (tertiary/aromatic N) is 2. The molecule has 1 amide bonds. The van der Waals surface area contributed by atoms with Gasteiger partial charge in [0, 0.05) is 19.2 Å². The minimum absolute atomic E-state index is 0.148. The van der Waals surface area contributed by atoms with Gasteiger partial charge in [-0.15, -0.1) is 0 Å². The maximum Gasteiger partial charge on any atom is 0.331 e. The first-order chi connectivity index (χ1) is 8.06. The van der Waals surface area contributed by atoms with Gasteiger partial charge in [-0.1, -0.05) is 0 Å². The molecule has 2 heterocycles. The summed E-state index contributed by atoms with van der Waals surface area (Å²) >= 11 is 0. The van der Waals surface area contributed by atoms with Crippen LogP contribution in [0, 0.1) is 10.1 Å². The van der Waals surface area contributed by atoms with E-state index in [0.717, 1.165) is 13.2 Å². The molecule has 8 heteroatoms. The number of fused-ring (bicyclic) bond motifs is 1. The Bertz CT molecular complexity index is 479. The number of amides is 1. The van der Waals surface area contributed by atoms with E-state index in [4.69, 9.17) is 0 Å². The molecule has 2 aliphatic rings. The zero-order valence-corrected chi connectivity index (χ0v) is 8.93. The van der Waals surface area contributed by atoms with E-state index < -0.39 is 16.8 Å². The van der Waals surface area contributed by atoms with Gasteiger partial charge in [0.25, 0.3) is 5.91 Å². The Morgan fingerprint density at radius 1 is 1.65 bits per heavy atom. The second kappa shape index (κ2) is 3.89. The number of carbonyl (C=O) groups is 2. The monoisotopic (exact) mass is 239 g/mol. The fourth-order valence-electron chi connectivity index (χ4n) is 1.77. The van der Waals surface area contributed by atoms with Crippen molar-refractivity contribution < 1.29 is 19.2 Å². The number of methoxy groups -OCH3 is 1. The first-order valence-electron chi connectivity index (χ1n) is 4.80. The topological polar surface area (TPSA) is 102 Å². The van der Waals surface area contributed by atoms with Crippen LogP contribution in [0.15, 0.2) is 23.2 Å². The largest absolute Gasteiger partial charge is 0.466 e. The number of hydrogen-bond donors (Lipinski definition) is 1. The molecule has 0 saturated carbocycles. The molecule has 0 spiro atoms. The van der Waals surface area contributed by atoms with Crippen LogP contribution in [0.2, 0.25) is 0 Å². The van der Waals surface area contributed by atoms with Crippen LogP contribution in [-0.2, 0) is 14.3 Å². The quantitative estimate of drug-likeness (QED) is 0.286. The van der Waals surface area contributed by atoms with Gasteiger partial charge >= 0.3 is 11.7 Å². The van der Waals surface area contributed by atoms with Crippen molar-refractivity contribution >= 4 is 11.9 Å². The van der Waals surface area contributed by atoms with Crippen LogP contribution in [0.4, 0.5) is 0 Å². The minimum Gasteiger partial charge on any atom is -0.466 e. The summed E-state index contributed by atoms with van der Waals surface area (Å²) < 4.78 is 4.36. The standard InChI is InChI=1S/C9H9N3O5/c1-17-6(13)4-5-7(12(15)16)8-10-2-3-11(8)9(5)14/h4,10H,2-3H2,1H3/b5-4+. The molecule has 0 atom stereocenters. The first kappa shape index (κ1) is 11.1. The number of nitrogens with one attached hydrogen (secondary N) is 1. The number of esters is 1. The van der Waals surface area contributed by atoms with Crippen molar-refractivity contribution in [1.29, 1.82) is 0 Å². The Morgan fingerprint density at radius 3 is 2.94 bits per heavy atom. The number of hydrogen-bond acceptors (Lipinski definition) is 6. The van der Waals surface area contributed by atoms with Crippen LogP contribution in [0.3, 0.4) is 0 Å². The molecule has 1 saturated heterocycles. The van der Waals surface area contributed by atoms with Gasteiger partial charge < -0.3 is 10.1 Å². The van der Waals surface area contributed by atoms with E-state index in [2.05, 4.69) is 10.1 Å². The lowest BCUT2D eigenvalue weighted by atomic mass is 10.2. The van der Waals surface area contributed by atoms with Gasteiger partial charge in [0.05, 0.1) is 12.0 Å². The molecule has 17 heavy (non-hydrogen) atoms. The highest BCUT2D eigenvalue weighted by Gasteiger charge is 2.45. The van der Waals surface area contributed by atoms with E-state index in [1.54, 1.807) is 0 Å². The number of rotatable bonds is 2. The maximum absolute atomic E-state index is 11.8. The normalized spacial score (nSPS) is 20.6. The third-order valence-electron chi connectivity index (χ3n) is 2.50. The zero-order chi connectivity index (χ0) is 12.6. The molecule has 0 aromatic rings. The molecule has 0 aromatic carbocycles. The molecule has 0 aromatic heterocycles. The van der Waals surface area contributed by atoms with Crippen molar-refractivity contribution in [1.82, 2.24) is 10.2 Å². The molecule has 0 bridgehead atoms. The van der Waals surface area contributed by atoms with E-state index in [1.165, 1.54) is 4.90 Å². The Balaban J connectivity index is 2.49. The molecule has 8 nitrogen and oxygen atoms in total. The van der Waals surface area contributed by atoms with Crippen LogP contribution < -0.4 is 5.32 Å². The Kier molecular flexibility index (Phi) is 2.54. The van der Waals surface area contributed by atoms with Crippen molar-refractivity contribution in [3.05, 3.63) is 33.3 Å². The van der Waals surface area contributed by atoms with Crippen LogP contribution >= 0.6 is 0 Å². The van der Waals surface area contributed by atoms with E-state index in [1.807, 2.05) is 0 Å². The maximum atomic E-state index is 11.8. The van der Waals surface area contributed by atoms with Gasteiger partial charge in [-0.2, -0.15) is 0 Å². The smallest absolute Gasteiger partial charge is 0.331 e. The Morgan fingerprint density at radius 2 is 2.35 bits per heavy atom. The molecule has 2 rings (SSSR count). The second-order valence-electron chi connectivity index (χ2n) is 3.42. The van der Waals surface area contributed by atoms with E-state index in [0.29, 0.717) is 13.1 Å². The molecular formula is C9H9N3O5. The molecule has 0 radical (unpaired) electrons. The van der Waals surface area contributed by atoms with Crippen molar-refractivity contribution in [2.24, 2.45) is 0 Å². The number of carbonyl (C=O) groups excluding carboxylic acids is 2. The predicted octanol–water partition coefficient (Wildman–Crippen LogP) is -1.02. The molecule has 0 aliphatic carbocycles. The van der Waals surface area contributed by atoms with Gasteiger partial charge in [-0.05, 0) is 0 Å². The fraction of sp³-hybridized carbons (Fsp3) is 0.333. The van der Waals surface area contributed by atoms with Crippen LogP contribution in [0.1, 0.15) is 0 Å². The average Bonchev–Trinajstić information content (AvgIpc) is 2.82. The minimum atomic E-state index is -0.797. The van der Waals surface area contributed by atoms with Crippen molar-refractivity contribution in [2.45, 2.75) is 0 Å². The van der Waals surface area contributed by atoms with Crippen molar-refractivity contribution in [3.8, 4) is 0 Å². The predicted molar refractivity (Wildman–Crippen MR) is 53.8 cm³/mol. The summed E-state index contributed by atoms with van der Waals surface area (Å²) in [7, 11) is 1.14.